The van der Waals surface area contributed by atoms with Crippen LogP contribution in [0.2, 0.25) is 0 Å². The van der Waals surface area contributed by atoms with E-state index in [4.69, 9.17) is 10.6 Å². The largest absolute Gasteiger partial charge is 1.00 e. The number of nitrogens with zero attached hydrogens (tertiary/aromatic N) is 3. The van der Waals surface area contributed by atoms with Gasteiger partial charge in [0.25, 0.3) is 11.8 Å². The van der Waals surface area contributed by atoms with Crippen LogP contribution in [0.5, 0.6) is 0 Å². The van der Waals surface area contributed by atoms with Crippen molar-refractivity contribution in [2.45, 2.75) is 29.5 Å². The first-order valence-electron chi connectivity index (χ1n) is 9.03. The van der Waals surface area contributed by atoms with Crippen LogP contribution in [-0.2, 0) is 24.0 Å². The molecule has 15 heteroatoms. The number of thiazole rings is 1. The fourth-order valence-corrected chi connectivity index (χ4v) is 6.75. The third-order valence-electron chi connectivity index (χ3n) is 4.91. The van der Waals surface area contributed by atoms with Gasteiger partial charge in [-0.15, -0.1) is 23.1 Å². The fraction of sp³-hybridized carbons (Fsp3) is 0.412. The molecule has 3 N–H and O–H groups in total. The van der Waals surface area contributed by atoms with Crippen LogP contribution in [0.15, 0.2) is 21.8 Å². The summed E-state index contributed by atoms with van der Waals surface area (Å²) in [5.74, 6) is -2.44. The van der Waals surface area contributed by atoms with E-state index in [9.17, 15) is 24.3 Å². The summed E-state index contributed by atoms with van der Waals surface area (Å²) in [5.41, 5.74) is 5.95. The smallest absolute Gasteiger partial charge is 0.543 e. The zero-order valence-electron chi connectivity index (χ0n) is 17.0. The van der Waals surface area contributed by atoms with Gasteiger partial charge in [0.2, 0.25) is 0 Å². The van der Waals surface area contributed by atoms with Gasteiger partial charge in [-0.05, 0) is 12.0 Å². The van der Waals surface area contributed by atoms with Crippen LogP contribution < -0.4 is 45.7 Å². The van der Waals surface area contributed by atoms with Crippen molar-refractivity contribution in [2.24, 2.45) is 5.16 Å². The summed E-state index contributed by atoms with van der Waals surface area (Å²) in [6.07, 6.45) is 0.888. The number of nitrogens with two attached hydrogens (primary N) is 1. The van der Waals surface area contributed by atoms with E-state index in [1.165, 1.54) is 24.3 Å². The monoisotopic (exact) mass is 505 g/mol. The van der Waals surface area contributed by atoms with Crippen molar-refractivity contribution < 1.29 is 58.7 Å². The molecule has 2 saturated heterocycles. The molecule has 3 atom stereocenters. The number of β-lactam (4-membered cyclic amide) rings is 1. The van der Waals surface area contributed by atoms with Crippen LogP contribution in [0.1, 0.15) is 18.5 Å². The van der Waals surface area contributed by atoms with E-state index in [2.05, 4.69) is 15.5 Å². The molecule has 11 nitrogen and oxygen atoms in total. The second-order valence-corrected chi connectivity index (χ2v) is 9.99. The van der Waals surface area contributed by atoms with Crippen LogP contribution in [-0.4, -0.2) is 68.0 Å². The molecule has 0 bridgehead atoms. The number of carbonyl (C=O) groups is 4. The van der Waals surface area contributed by atoms with Crippen molar-refractivity contribution >= 4 is 68.6 Å². The van der Waals surface area contributed by atoms with Crippen molar-refractivity contribution in [3.8, 4) is 0 Å². The molecule has 0 aliphatic carbocycles. The molecule has 2 fully saturated rings. The SMILES string of the molecule is CO/N=C(\C(=O)N[C@@H]1C(=O)N2C(C(=O)[O-])=C([C@@H]3CCC(=O)S3)CS[C@H]12)c1csc(N)n1.[Na+]. The van der Waals surface area contributed by atoms with E-state index in [0.29, 0.717) is 24.2 Å². The minimum Gasteiger partial charge on any atom is -0.543 e. The van der Waals surface area contributed by atoms with Gasteiger partial charge in [0.1, 0.15) is 24.2 Å². The number of thioether (sulfide) groups is 2. The average molecular weight is 506 g/mol. The number of nitrogen functional groups attached to an aromatic ring is 1. The van der Waals surface area contributed by atoms with Crippen LogP contribution >= 0.6 is 34.9 Å². The van der Waals surface area contributed by atoms with Gasteiger partial charge in [0.05, 0.1) is 11.7 Å². The molecule has 0 unspecified atom stereocenters. The number of nitrogens with one attached hydrogen (secondary N) is 1. The minimum absolute atomic E-state index is 0. The van der Waals surface area contributed by atoms with Crippen LogP contribution in [0, 0.1) is 0 Å². The molecule has 4 heterocycles. The Balaban J connectivity index is 0.00000289. The van der Waals surface area contributed by atoms with E-state index >= 15 is 0 Å². The molecule has 32 heavy (non-hydrogen) atoms. The molecule has 1 aromatic rings. The van der Waals surface area contributed by atoms with Crippen LogP contribution in [0.4, 0.5) is 5.13 Å². The van der Waals surface area contributed by atoms with Crippen molar-refractivity contribution in [3.63, 3.8) is 0 Å². The summed E-state index contributed by atoms with van der Waals surface area (Å²) in [7, 11) is 1.26. The maximum atomic E-state index is 12.8. The summed E-state index contributed by atoms with van der Waals surface area (Å²) in [6, 6.07) is -0.954. The van der Waals surface area contributed by atoms with E-state index in [0.717, 1.165) is 28.0 Å². The van der Waals surface area contributed by atoms with Crippen molar-refractivity contribution in [3.05, 3.63) is 22.3 Å². The maximum absolute atomic E-state index is 12.8. The van der Waals surface area contributed by atoms with Gasteiger partial charge in [-0.2, -0.15) is 0 Å². The summed E-state index contributed by atoms with van der Waals surface area (Å²) in [4.78, 5) is 58.8. The number of hydrogen-bond donors (Lipinski definition) is 2. The molecule has 0 spiro atoms. The third kappa shape index (κ3) is 4.56. The van der Waals surface area contributed by atoms with Gasteiger partial charge in [-0.25, -0.2) is 4.98 Å². The molecule has 2 amide bonds. The number of amides is 2. The molecule has 1 aromatic heterocycles. The van der Waals surface area contributed by atoms with Crippen LogP contribution in [0.25, 0.3) is 0 Å². The number of hydrogen-bond acceptors (Lipinski definition) is 12. The van der Waals surface area contributed by atoms with E-state index in [1.54, 1.807) is 0 Å². The maximum Gasteiger partial charge on any atom is 1.00 e. The summed E-state index contributed by atoms with van der Waals surface area (Å²) < 4.78 is 0. The van der Waals surface area contributed by atoms with Crippen molar-refractivity contribution in [2.75, 3.05) is 18.6 Å². The molecule has 164 valence electrons. The van der Waals surface area contributed by atoms with E-state index in [-0.39, 0.29) is 62.2 Å². The predicted molar refractivity (Wildman–Crippen MR) is 113 cm³/mol. The van der Waals surface area contributed by atoms with Crippen molar-refractivity contribution in [1.29, 1.82) is 0 Å². The van der Waals surface area contributed by atoms with Gasteiger partial charge >= 0.3 is 29.6 Å². The molecule has 0 radical (unpaired) electrons. The molecular formula is C17H16N5NaO6S3. The molecular weight excluding hydrogens is 489 g/mol. The second kappa shape index (κ2) is 10.1. The number of rotatable bonds is 6. The average Bonchev–Trinajstić information content (AvgIpc) is 3.36. The predicted octanol–water partition coefficient (Wildman–Crippen LogP) is -4.09. The quantitative estimate of drug-likeness (QED) is 0.168. The third-order valence-corrected chi connectivity index (χ3v) is 8.16. The van der Waals surface area contributed by atoms with Gasteiger partial charge in [-0.3, -0.25) is 19.3 Å². The fourth-order valence-electron chi connectivity index (χ4n) is 3.55. The first-order chi connectivity index (χ1) is 14.8. The van der Waals surface area contributed by atoms with Gasteiger partial charge in [-0.1, -0.05) is 16.9 Å². The number of carbonyl (C=O) groups excluding carboxylic acids is 4. The Morgan fingerprint density at radius 2 is 2.16 bits per heavy atom. The standard InChI is InChI=1S/C17H17N5O6S3.Na/c1-28-21-10(7-5-30-17(18)19-7)13(24)20-11-14(25)22-12(16(26)27)6(4-29-15(11)22)8-2-3-9(23)31-8;/h5,8,11,15H,2-4H2,1H3,(H2,18,19)(H,20,24)(H,26,27);/q;+1/p-1/b21-10-;/t8-,11+,15+;/m0./s1. The first kappa shape index (κ1) is 25.1. The Labute approximate surface area is 216 Å². The number of carboxylic acid groups (broad SMARTS) is 1. The number of fused-ring (bicyclic) bond motifs is 1. The second-order valence-electron chi connectivity index (χ2n) is 6.73. The normalized spacial score (nSPS) is 25.1. The zero-order valence-corrected chi connectivity index (χ0v) is 21.5. The Kier molecular flexibility index (Phi) is 7.93. The molecule has 0 aromatic carbocycles. The van der Waals surface area contributed by atoms with E-state index < -0.39 is 29.2 Å². The van der Waals surface area contributed by atoms with Gasteiger partial charge in [0, 0.05) is 22.8 Å². The number of oxime groups is 1. The molecule has 3 aliphatic heterocycles. The number of aromatic nitrogens is 1. The van der Waals surface area contributed by atoms with Crippen molar-refractivity contribution in [1.82, 2.24) is 15.2 Å². The molecule has 3 aliphatic rings. The van der Waals surface area contributed by atoms with Crippen LogP contribution in [0.3, 0.4) is 0 Å². The molecule has 0 saturated carbocycles. The van der Waals surface area contributed by atoms with E-state index in [1.807, 2.05) is 0 Å². The summed E-state index contributed by atoms with van der Waals surface area (Å²) in [6.45, 7) is 0. The van der Waals surface area contributed by atoms with Gasteiger partial charge in [0.15, 0.2) is 16.0 Å². The Hall–Kier alpha value is -1.58. The Morgan fingerprint density at radius 3 is 2.72 bits per heavy atom. The first-order valence-corrected chi connectivity index (χ1v) is 11.8. The summed E-state index contributed by atoms with van der Waals surface area (Å²) in [5, 5.41) is 19.0. The summed E-state index contributed by atoms with van der Waals surface area (Å²) >= 11 is 3.52. The zero-order chi connectivity index (χ0) is 22.3. The Bertz CT molecular complexity index is 1040. The topological polar surface area (TPSA) is 167 Å². The minimum atomic E-state index is -1.47. The number of carboxylic acids is 1. The number of aliphatic carboxylic acids is 1. The Morgan fingerprint density at radius 1 is 1.41 bits per heavy atom. The number of anilines is 1. The van der Waals surface area contributed by atoms with Gasteiger partial charge < -0.3 is 25.8 Å². The molecule has 4 rings (SSSR count).